The van der Waals surface area contributed by atoms with Gasteiger partial charge in [0, 0.05) is 6.54 Å². The van der Waals surface area contributed by atoms with Gasteiger partial charge in [-0.2, -0.15) is 0 Å². The fourth-order valence-electron chi connectivity index (χ4n) is 4.33. The molecule has 168 valence electrons. The first kappa shape index (κ1) is 21.7. The Morgan fingerprint density at radius 1 is 1.12 bits per heavy atom. The third-order valence-corrected chi connectivity index (χ3v) is 6.02. The topological polar surface area (TPSA) is 97.0 Å². The quantitative estimate of drug-likeness (QED) is 0.618. The van der Waals surface area contributed by atoms with E-state index in [-0.39, 0.29) is 30.8 Å². The van der Waals surface area contributed by atoms with E-state index < -0.39 is 12.1 Å². The number of carbonyl (C=O) groups is 3. The number of hydrogen-bond acceptors (Lipinski definition) is 5. The third kappa shape index (κ3) is 4.39. The zero-order valence-electron chi connectivity index (χ0n) is 18.2. The van der Waals surface area contributed by atoms with E-state index in [2.05, 4.69) is 10.6 Å². The van der Waals surface area contributed by atoms with Gasteiger partial charge in [0.15, 0.2) is 11.5 Å². The molecule has 0 bridgehead atoms. The van der Waals surface area contributed by atoms with E-state index in [0.29, 0.717) is 17.9 Å². The second kappa shape index (κ2) is 9.30. The number of benzene rings is 2. The number of carbonyl (C=O) groups excluding carboxylic acids is 3. The van der Waals surface area contributed by atoms with Gasteiger partial charge in [-0.25, -0.2) is 4.79 Å². The molecule has 8 nitrogen and oxygen atoms in total. The van der Waals surface area contributed by atoms with Crippen molar-refractivity contribution >= 4 is 17.8 Å². The van der Waals surface area contributed by atoms with Crippen molar-refractivity contribution in [3.05, 3.63) is 59.2 Å². The number of fused-ring (bicyclic) bond motifs is 1. The van der Waals surface area contributed by atoms with Gasteiger partial charge in [-0.05, 0) is 48.1 Å². The minimum atomic E-state index is -0.843. The second-order valence-electron chi connectivity index (χ2n) is 8.00. The first-order chi connectivity index (χ1) is 15.5. The monoisotopic (exact) mass is 437 g/mol. The number of hydrogen-bond donors (Lipinski definition) is 2. The van der Waals surface area contributed by atoms with Crippen molar-refractivity contribution in [2.45, 2.75) is 37.8 Å². The number of nitrogens with zero attached hydrogens (tertiary/aromatic N) is 1. The number of methoxy groups -OCH3 is 2. The largest absolute Gasteiger partial charge is 0.493 e. The zero-order valence-corrected chi connectivity index (χ0v) is 18.2. The van der Waals surface area contributed by atoms with E-state index in [1.165, 1.54) is 4.90 Å². The van der Waals surface area contributed by atoms with Crippen LogP contribution in [0.4, 0.5) is 4.79 Å². The molecule has 4 amide bonds. The zero-order chi connectivity index (χ0) is 22.7. The molecule has 2 aromatic rings. The van der Waals surface area contributed by atoms with Gasteiger partial charge in [0.1, 0.15) is 6.04 Å². The molecule has 2 aliphatic rings. The lowest BCUT2D eigenvalue weighted by Gasteiger charge is -2.17. The van der Waals surface area contributed by atoms with Crippen molar-refractivity contribution in [1.82, 2.24) is 15.5 Å². The first-order valence-electron chi connectivity index (χ1n) is 10.7. The van der Waals surface area contributed by atoms with Crippen molar-refractivity contribution in [2.24, 2.45) is 0 Å². The van der Waals surface area contributed by atoms with Crippen LogP contribution in [0.25, 0.3) is 0 Å². The average molecular weight is 437 g/mol. The highest BCUT2D eigenvalue weighted by Gasteiger charge is 2.39. The molecular formula is C24H27N3O5. The Bertz CT molecular complexity index is 1020. The lowest BCUT2D eigenvalue weighted by molar-refractivity contribution is -0.131. The third-order valence-electron chi connectivity index (χ3n) is 6.02. The summed E-state index contributed by atoms with van der Waals surface area (Å²) < 4.78 is 10.7. The highest BCUT2D eigenvalue weighted by atomic mass is 16.5. The average Bonchev–Trinajstić information content (AvgIpc) is 3.31. The minimum absolute atomic E-state index is 0.0917. The van der Waals surface area contributed by atoms with Crippen LogP contribution in [-0.2, 0) is 22.4 Å². The predicted molar refractivity (Wildman–Crippen MR) is 118 cm³/mol. The number of imide groups is 1. The number of urea groups is 1. The number of rotatable bonds is 8. The van der Waals surface area contributed by atoms with Crippen LogP contribution in [0.2, 0.25) is 0 Å². The van der Waals surface area contributed by atoms with Gasteiger partial charge in [-0.3, -0.25) is 14.5 Å². The van der Waals surface area contributed by atoms with Crippen LogP contribution in [0.1, 0.15) is 35.6 Å². The second-order valence-corrected chi connectivity index (χ2v) is 8.00. The molecule has 1 fully saturated rings. The summed E-state index contributed by atoms with van der Waals surface area (Å²) in [4.78, 5) is 38.8. The molecule has 1 aliphatic carbocycles. The molecule has 8 heteroatoms. The summed E-state index contributed by atoms with van der Waals surface area (Å²) >= 11 is 0. The van der Waals surface area contributed by atoms with Crippen LogP contribution in [-0.4, -0.2) is 49.6 Å². The maximum atomic E-state index is 12.7. The summed E-state index contributed by atoms with van der Waals surface area (Å²) in [6, 6.07) is 12.0. The molecule has 1 unspecified atom stereocenters. The van der Waals surface area contributed by atoms with E-state index in [9.17, 15) is 14.4 Å². The van der Waals surface area contributed by atoms with Gasteiger partial charge in [-0.1, -0.05) is 30.3 Å². The summed E-state index contributed by atoms with van der Waals surface area (Å²) in [5.41, 5.74) is 3.13. The minimum Gasteiger partial charge on any atom is -0.493 e. The number of nitrogens with one attached hydrogen (secondary N) is 2. The Hall–Kier alpha value is -3.55. The van der Waals surface area contributed by atoms with Gasteiger partial charge in [0.2, 0.25) is 5.91 Å². The van der Waals surface area contributed by atoms with Crippen molar-refractivity contribution in [2.75, 3.05) is 20.8 Å². The van der Waals surface area contributed by atoms with Crippen molar-refractivity contribution in [3.63, 3.8) is 0 Å². The molecule has 0 spiro atoms. The van der Waals surface area contributed by atoms with Gasteiger partial charge >= 0.3 is 6.03 Å². The lowest BCUT2D eigenvalue weighted by atomic mass is 10.1. The molecule has 0 radical (unpaired) electrons. The number of aryl methyl sites for hydroxylation is 1. The SMILES string of the molecule is COc1cc2c(cc1OC)C(NC(=O)C[C@@H]1NC(=O)N(CCc3ccccc3)C1=O)CC2. The van der Waals surface area contributed by atoms with Crippen molar-refractivity contribution < 1.29 is 23.9 Å². The van der Waals surface area contributed by atoms with E-state index >= 15 is 0 Å². The van der Waals surface area contributed by atoms with Crippen LogP contribution in [0, 0.1) is 0 Å². The predicted octanol–water partition coefficient (Wildman–Crippen LogP) is 2.36. The Morgan fingerprint density at radius 2 is 1.84 bits per heavy atom. The van der Waals surface area contributed by atoms with E-state index in [4.69, 9.17) is 9.47 Å². The van der Waals surface area contributed by atoms with Crippen LogP contribution in [0.15, 0.2) is 42.5 Å². The van der Waals surface area contributed by atoms with Crippen LogP contribution in [0.3, 0.4) is 0 Å². The first-order valence-corrected chi connectivity index (χ1v) is 10.7. The van der Waals surface area contributed by atoms with E-state index in [1.54, 1.807) is 14.2 Å². The maximum Gasteiger partial charge on any atom is 0.324 e. The molecular weight excluding hydrogens is 410 g/mol. The van der Waals surface area contributed by atoms with Crippen LogP contribution < -0.4 is 20.1 Å². The number of ether oxygens (including phenoxy) is 2. The van der Waals surface area contributed by atoms with E-state index in [1.807, 2.05) is 42.5 Å². The fourth-order valence-corrected chi connectivity index (χ4v) is 4.33. The normalized spacial score (nSPS) is 19.5. The molecule has 2 N–H and O–H groups in total. The summed E-state index contributed by atoms with van der Waals surface area (Å²) in [7, 11) is 3.17. The van der Waals surface area contributed by atoms with Gasteiger partial charge in [0.05, 0.1) is 26.7 Å². The molecule has 32 heavy (non-hydrogen) atoms. The van der Waals surface area contributed by atoms with Gasteiger partial charge < -0.3 is 20.1 Å². The smallest absolute Gasteiger partial charge is 0.324 e. The standard InChI is InChI=1S/C24H27N3O5/c1-31-20-12-16-8-9-18(17(16)13-21(20)32-2)25-22(28)14-19-23(29)27(24(30)26-19)11-10-15-6-4-3-5-7-15/h3-7,12-13,18-19H,8-11,14H2,1-2H3,(H,25,28)(H,26,30)/t18?,19-/m0/s1. The Morgan fingerprint density at radius 3 is 2.56 bits per heavy atom. The summed E-state index contributed by atoms with van der Waals surface area (Å²) in [5, 5.41) is 5.64. The Balaban J connectivity index is 1.35. The fraction of sp³-hybridized carbons (Fsp3) is 0.375. The van der Waals surface area contributed by atoms with Crippen molar-refractivity contribution in [1.29, 1.82) is 0 Å². The molecule has 1 heterocycles. The molecule has 2 aromatic carbocycles. The Labute approximate surface area is 186 Å². The van der Waals surface area contributed by atoms with Crippen molar-refractivity contribution in [3.8, 4) is 11.5 Å². The van der Waals surface area contributed by atoms with Gasteiger partial charge in [0.25, 0.3) is 5.91 Å². The summed E-state index contributed by atoms with van der Waals surface area (Å²) in [6.07, 6.45) is 2.05. The summed E-state index contributed by atoms with van der Waals surface area (Å²) in [5.74, 6) is 0.633. The van der Waals surface area contributed by atoms with Gasteiger partial charge in [-0.15, -0.1) is 0 Å². The molecule has 0 aromatic heterocycles. The van der Waals surface area contributed by atoms with Crippen LogP contribution >= 0.6 is 0 Å². The molecule has 1 aliphatic heterocycles. The highest BCUT2D eigenvalue weighted by Crippen LogP contribution is 2.39. The molecule has 1 saturated heterocycles. The van der Waals surface area contributed by atoms with E-state index in [0.717, 1.165) is 29.5 Å². The highest BCUT2D eigenvalue weighted by molar-refractivity contribution is 6.05. The van der Waals surface area contributed by atoms with Crippen LogP contribution in [0.5, 0.6) is 11.5 Å². The summed E-state index contributed by atoms with van der Waals surface area (Å²) in [6.45, 7) is 0.282. The maximum absolute atomic E-state index is 12.7. The number of amides is 4. The molecule has 2 atom stereocenters. The molecule has 4 rings (SSSR count). The lowest BCUT2D eigenvalue weighted by Crippen LogP contribution is -2.37. The Kier molecular flexibility index (Phi) is 6.30. The molecule has 0 saturated carbocycles.